The Hall–Kier alpha value is -2.12. The van der Waals surface area contributed by atoms with Crippen molar-refractivity contribution in [3.8, 4) is 0 Å². The number of sulfonamides is 1. The first-order valence-corrected chi connectivity index (χ1v) is 10.7. The molecule has 150 valence electrons. The zero-order valence-electron chi connectivity index (χ0n) is 15.9. The van der Waals surface area contributed by atoms with Crippen molar-refractivity contribution < 1.29 is 22.0 Å². The smallest absolute Gasteiger partial charge is 0.221 e. The maximum absolute atomic E-state index is 14.5. The Morgan fingerprint density at radius 1 is 1.07 bits per heavy atom. The van der Waals surface area contributed by atoms with Gasteiger partial charge in [0.2, 0.25) is 10.0 Å². The number of nitrogens with zero attached hydrogens (tertiary/aromatic N) is 1. The van der Waals surface area contributed by atoms with E-state index in [0.29, 0.717) is 18.4 Å². The number of ketones is 1. The number of benzene rings is 2. The summed E-state index contributed by atoms with van der Waals surface area (Å²) in [6, 6.07) is 10.6. The number of carbonyl (C=O) groups excluding carboxylic acids is 1. The van der Waals surface area contributed by atoms with Gasteiger partial charge in [-0.25, -0.2) is 17.2 Å². The molecule has 0 spiro atoms. The molecule has 2 aromatic rings. The summed E-state index contributed by atoms with van der Waals surface area (Å²) in [5.74, 6) is -1.68. The van der Waals surface area contributed by atoms with Crippen molar-refractivity contribution in [1.29, 1.82) is 0 Å². The molecule has 0 radical (unpaired) electrons. The average Bonchev–Trinajstić information content (AvgIpc) is 2.62. The Morgan fingerprint density at radius 2 is 1.68 bits per heavy atom. The SMILES string of the molecule is CC(=O)Cc1cc(F)c(CN2[C@@H](C)CC[C@H](c3ccccc3)S2(=O)=O)cc1F. The molecule has 0 aliphatic carbocycles. The molecule has 1 saturated heterocycles. The molecule has 0 N–H and O–H groups in total. The van der Waals surface area contributed by atoms with Crippen molar-refractivity contribution >= 4 is 15.8 Å². The summed E-state index contributed by atoms with van der Waals surface area (Å²) in [6.45, 7) is 2.84. The lowest BCUT2D eigenvalue weighted by Gasteiger charge is -2.37. The van der Waals surface area contributed by atoms with Gasteiger partial charge < -0.3 is 0 Å². The van der Waals surface area contributed by atoms with Gasteiger partial charge in [0.25, 0.3) is 0 Å². The van der Waals surface area contributed by atoms with Crippen LogP contribution in [0, 0.1) is 11.6 Å². The van der Waals surface area contributed by atoms with Gasteiger partial charge in [0.05, 0.1) is 0 Å². The topological polar surface area (TPSA) is 54.5 Å². The summed E-state index contributed by atoms with van der Waals surface area (Å²) in [5, 5.41) is -0.699. The highest BCUT2D eigenvalue weighted by Gasteiger charge is 2.40. The van der Waals surface area contributed by atoms with Crippen LogP contribution in [0.2, 0.25) is 0 Å². The van der Waals surface area contributed by atoms with E-state index in [9.17, 15) is 22.0 Å². The van der Waals surface area contributed by atoms with Crippen LogP contribution in [-0.2, 0) is 27.8 Å². The number of carbonyl (C=O) groups is 1. The van der Waals surface area contributed by atoms with Crippen LogP contribution in [0.25, 0.3) is 0 Å². The first-order valence-electron chi connectivity index (χ1n) is 9.22. The van der Waals surface area contributed by atoms with Crippen molar-refractivity contribution in [1.82, 2.24) is 4.31 Å². The monoisotopic (exact) mass is 407 g/mol. The van der Waals surface area contributed by atoms with E-state index >= 15 is 0 Å². The Morgan fingerprint density at radius 3 is 2.32 bits per heavy atom. The van der Waals surface area contributed by atoms with Gasteiger partial charge in [-0.15, -0.1) is 0 Å². The average molecular weight is 407 g/mol. The van der Waals surface area contributed by atoms with Gasteiger partial charge in [-0.1, -0.05) is 30.3 Å². The minimum Gasteiger partial charge on any atom is -0.300 e. The zero-order valence-corrected chi connectivity index (χ0v) is 16.7. The highest BCUT2D eigenvalue weighted by Crippen LogP contribution is 2.38. The summed E-state index contributed by atoms with van der Waals surface area (Å²) in [7, 11) is -3.73. The highest BCUT2D eigenvalue weighted by atomic mass is 32.2. The maximum Gasteiger partial charge on any atom is 0.221 e. The van der Waals surface area contributed by atoms with E-state index in [1.54, 1.807) is 31.2 Å². The lowest BCUT2D eigenvalue weighted by Crippen LogP contribution is -2.44. The molecule has 0 bridgehead atoms. The molecular weight excluding hydrogens is 384 g/mol. The predicted molar refractivity (Wildman–Crippen MR) is 103 cm³/mol. The van der Waals surface area contributed by atoms with E-state index in [4.69, 9.17) is 0 Å². The van der Waals surface area contributed by atoms with Gasteiger partial charge in [-0.3, -0.25) is 4.79 Å². The third-order valence-corrected chi connectivity index (χ3v) is 7.55. The molecule has 1 aliphatic heterocycles. The van der Waals surface area contributed by atoms with Crippen molar-refractivity contribution in [2.24, 2.45) is 0 Å². The van der Waals surface area contributed by atoms with Crippen molar-refractivity contribution in [2.75, 3.05) is 0 Å². The van der Waals surface area contributed by atoms with Crippen LogP contribution in [0.1, 0.15) is 48.6 Å². The molecule has 2 aromatic carbocycles. The molecule has 4 nitrogen and oxygen atoms in total. The molecule has 0 unspecified atom stereocenters. The van der Waals surface area contributed by atoms with E-state index in [1.165, 1.54) is 11.2 Å². The number of halogens is 2. The zero-order chi connectivity index (χ0) is 20.5. The minimum absolute atomic E-state index is 0.0227. The molecule has 7 heteroatoms. The van der Waals surface area contributed by atoms with Gasteiger partial charge >= 0.3 is 0 Å². The van der Waals surface area contributed by atoms with Crippen molar-refractivity contribution in [2.45, 2.75) is 50.9 Å². The second-order valence-corrected chi connectivity index (χ2v) is 9.40. The van der Waals surface area contributed by atoms with Gasteiger partial charge in [-0.05, 0) is 49.9 Å². The number of hydrogen-bond acceptors (Lipinski definition) is 3. The Labute approximate surface area is 164 Å². The molecule has 1 fully saturated rings. The number of Topliss-reactive ketones (excluding diaryl/α,β-unsaturated/α-hetero) is 1. The fourth-order valence-corrected chi connectivity index (χ4v) is 5.86. The molecule has 28 heavy (non-hydrogen) atoms. The fraction of sp³-hybridized carbons (Fsp3) is 0.381. The quantitative estimate of drug-likeness (QED) is 0.748. The first kappa shape index (κ1) is 20.6. The van der Waals surface area contributed by atoms with Crippen LogP contribution in [0.3, 0.4) is 0 Å². The van der Waals surface area contributed by atoms with Crippen LogP contribution in [0.5, 0.6) is 0 Å². The molecule has 3 rings (SSSR count). The summed E-state index contributed by atoms with van der Waals surface area (Å²) >= 11 is 0. The van der Waals surface area contributed by atoms with E-state index in [0.717, 1.165) is 12.1 Å². The Balaban J connectivity index is 1.92. The molecule has 0 amide bonds. The number of hydrogen-bond donors (Lipinski definition) is 0. The van der Waals surface area contributed by atoms with Gasteiger partial charge in [0.1, 0.15) is 22.7 Å². The lowest BCUT2D eigenvalue weighted by atomic mass is 10.0. The second-order valence-electron chi connectivity index (χ2n) is 7.33. The second kappa shape index (κ2) is 8.09. The van der Waals surface area contributed by atoms with Crippen molar-refractivity contribution in [3.05, 3.63) is 70.8 Å². The fourth-order valence-electron chi connectivity index (χ4n) is 3.67. The van der Waals surface area contributed by atoms with Gasteiger partial charge in [0, 0.05) is 24.6 Å². The third kappa shape index (κ3) is 4.15. The van der Waals surface area contributed by atoms with Gasteiger partial charge in [0.15, 0.2) is 0 Å². The van der Waals surface area contributed by atoms with Crippen LogP contribution in [0.15, 0.2) is 42.5 Å². The van der Waals surface area contributed by atoms with Crippen LogP contribution in [-0.4, -0.2) is 24.5 Å². The number of rotatable bonds is 5. The van der Waals surface area contributed by atoms with E-state index < -0.39 is 26.9 Å². The summed E-state index contributed by atoms with van der Waals surface area (Å²) in [6.07, 6.45) is 0.918. The summed E-state index contributed by atoms with van der Waals surface area (Å²) in [5.41, 5.74) is 0.641. The van der Waals surface area contributed by atoms with Crippen LogP contribution < -0.4 is 0 Å². The molecule has 1 heterocycles. The molecule has 0 saturated carbocycles. The first-order chi connectivity index (χ1) is 13.2. The molecule has 1 aliphatic rings. The summed E-state index contributed by atoms with van der Waals surface area (Å²) in [4.78, 5) is 11.2. The summed E-state index contributed by atoms with van der Waals surface area (Å²) < 4.78 is 56.5. The van der Waals surface area contributed by atoms with Gasteiger partial charge in [-0.2, -0.15) is 4.31 Å². The predicted octanol–water partition coefficient (Wildman–Crippen LogP) is 4.15. The highest BCUT2D eigenvalue weighted by molar-refractivity contribution is 7.89. The normalized spacial score (nSPS) is 22.1. The largest absolute Gasteiger partial charge is 0.300 e. The molecule has 2 atom stereocenters. The molecular formula is C21H23F2NO3S. The van der Waals surface area contributed by atoms with Crippen LogP contribution >= 0.6 is 0 Å². The minimum atomic E-state index is -3.73. The van der Waals surface area contributed by atoms with Crippen molar-refractivity contribution in [3.63, 3.8) is 0 Å². The van der Waals surface area contributed by atoms with E-state index in [2.05, 4.69) is 0 Å². The van der Waals surface area contributed by atoms with E-state index in [-0.39, 0.29) is 35.9 Å². The Kier molecular flexibility index (Phi) is 5.95. The Bertz CT molecular complexity index is 977. The maximum atomic E-state index is 14.5. The van der Waals surface area contributed by atoms with E-state index in [1.807, 2.05) is 6.07 Å². The third-order valence-electron chi connectivity index (χ3n) is 5.18. The standard InChI is InChI=1S/C21H23F2NO3S/c1-14-8-9-21(16-6-4-3-5-7-16)28(26,27)24(14)13-18-12-19(22)17(10-15(2)25)11-20(18)23/h3-7,11-12,14,21H,8-10,13H2,1-2H3/t14-,21+/m0/s1. The molecule has 0 aromatic heterocycles. The van der Waals surface area contributed by atoms with Crippen LogP contribution in [0.4, 0.5) is 8.78 Å². The lowest BCUT2D eigenvalue weighted by molar-refractivity contribution is -0.116.